The van der Waals surface area contributed by atoms with Gasteiger partial charge in [0.05, 0.1) is 32.4 Å². The number of hydrogen-bond donors (Lipinski definition) is 4. The normalized spacial score (nSPS) is 29.3. The number of carbonyl (C=O) groups excluding carboxylic acids is 1. The molecule has 0 radical (unpaired) electrons. The molecule has 4 N–H and O–H groups in total. The van der Waals surface area contributed by atoms with E-state index in [1.54, 1.807) is 91.0 Å². The standard InChI is InChI=1S/C33H39NO14S.2Na/c35-16-23-27(47-33-26(37)29(25(36)30(48-33)31(38)39)44-18-21-12-6-2-7-13-21)28(43-17-20-10-4-1-5-11-20)24(34-49(40,41)42)32(46-23)45-19-22-14-8-3-9-15-22;;/h1-15,23-30,32-37H,16-19H2,(H,38,39)(H,40,41,42);;/q;2*+1/p-2/t23-,24-,25+,26-,27-,28-,29+,30-,32+,33-;;/m1../s1. The van der Waals surface area contributed by atoms with Gasteiger partial charge >= 0.3 is 59.1 Å². The smallest absolute Gasteiger partial charge is 0.735 e. The molecule has 2 saturated heterocycles. The SMILES string of the molecule is O=C([O-])[C@@H]1O[C@@H](O[C@H]2[C@H](OCc3ccccc3)[C@@H](NS(=O)(=O)[O-])[C@@H](OCc3ccccc3)O[C@@H]2CO)[C@H](O)[C@@H](OCc2ccccc2)[C@@H]1O.[Na+].[Na+]. The number of nitrogens with one attached hydrogen (secondary N) is 1. The molecular weight excluding hydrogens is 712 g/mol. The second kappa shape index (κ2) is 20.9. The van der Waals surface area contributed by atoms with Crippen molar-refractivity contribution in [3.8, 4) is 0 Å². The van der Waals surface area contributed by atoms with Gasteiger partial charge in [0.2, 0.25) is 0 Å². The summed E-state index contributed by atoms with van der Waals surface area (Å²) in [4.78, 5) is 12.0. The Hall–Kier alpha value is -1.36. The van der Waals surface area contributed by atoms with Gasteiger partial charge in [-0.3, -0.25) is 0 Å². The maximum Gasteiger partial charge on any atom is 1.00 e. The Bertz CT molecular complexity index is 1580. The molecule has 0 aliphatic carbocycles. The molecule has 15 nitrogen and oxygen atoms in total. The molecular formula is C33H37NNa2O14S. The molecule has 3 aromatic rings. The number of benzene rings is 3. The molecule has 0 aromatic heterocycles. The number of ether oxygens (including phenoxy) is 6. The molecule has 5 rings (SSSR count). The first-order valence-corrected chi connectivity index (χ1v) is 16.8. The molecule has 10 atom stereocenters. The first-order chi connectivity index (χ1) is 23.5. The van der Waals surface area contributed by atoms with E-state index in [4.69, 9.17) is 28.4 Å². The topological polar surface area (TPSA) is 225 Å². The average Bonchev–Trinajstić information content (AvgIpc) is 3.09. The molecule has 0 saturated carbocycles. The quantitative estimate of drug-likeness (QED) is 0.0838. The molecule has 2 aliphatic rings. The molecule has 18 heteroatoms. The van der Waals surface area contributed by atoms with Crippen molar-refractivity contribution in [3.05, 3.63) is 108 Å². The van der Waals surface area contributed by atoms with Crippen molar-refractivity contribution in [2.24, 2.45) is 0 Å². The van der Waals surface area contributed by atoms with Crippen LogP contribution in [0.1, 0.15) is 16.7 Å². The van der Waals surface area contributed by atoms with Crippen LogP contribution in [0, 0.1) is 0 Å². The van der Waals surface area contributed by atoms with E-state index >= 15 is 0 Å². The van der Waals surface area contributed by atoms with Crippen molar-refractivity contribution in [1.82, 2.24) is 4.72 Å². The monoisotopic (exact) mass is 749 g/mol. The van der Waals surface area contributed by atoms with Crippen LogP contribution in [0.4, 0.5) is 0 Å². The van der Waals surface area contributed by atoms with E-state index in [1.165, 1.54) is 0 Å². The number of hydrogen-bond acceptors (Lipinski definition) is 14. The number of carboxylic acid groups (broad SMARTS) is 1. The summed E-state index contributed by atoms with van der Waals surface area (Å²) in [5.74, 6) is -1.83. The Balaban J connectivity index is 0.00000351. The van der Waals surface area contributed by atoms with Gasteiger partial charge in [-0.1, -0.05) is 91.0 Å². The van der Waals surface area contributed by atoms with Gasteiger partial charge < -0.3 is 58.2 Å². The van der Waals surface area contributed by atoms with Crippen LogP contribution in [0.5, 0.6) is 0 Å². The number of aliphatic hydroxyl groups is 3. The van der Waals surface area contributed by atoms with E-state index in [9.17, 15) is 38.2 Å². The van der Waals surface area contributed by atoms with Crippen LogP contribution in [0.2, 0.25) is 0 Å². The maximum atomic E-state index is 12.1. The molecule has 0 amide bonds. The van der Waals surface area contributed by atoms with Gasteiger partial charge in [0.1, 0.15) is 48.8 Å². The molecule has 0 bridgehead atoms. The van der Waals surface area contributed by atoms with Gasteiger partial charge in [-0.25, -0.2) is 13.1 Å². The molecule has 2 aliphatic heterocycles. The second-order valence-corrected chi connectivity index (χ2v) is 12.6. The summed E-state index contributed by atoms with van der Waals surface area (Å²) in [6.07, 6.45) is -15.1. The molecule has 2 fully saturated rings. The number of carbonyl (C=O) groups is 1. The first-order valence-electron chi connectivity index (χ1n) is 15.4. The number of rotatable bonds is 15. The Kier molecular flexibility index (Phi) is 18.1. The van der Waals surface area contributed by atoms with Gasteiger partial charge in [-0.15, -0.1) is 0 Å². The van der Waals surface area contributed by atoms with Crippen molar-refractivity contribution < 1.29 is 126 Å². The van der Waals surface area contributed by atoms with Crippen LogP contribution in [-0.2, 0) is 63.3 Å². The van der Waals surface area contributed by atoms with Crippen molar-refractivity contribution >= 4 is 16.3 Å². The molecule has 266 valence electrons. The summed E-state index contributed by atoms with van der Waals surface area (Å²) in [6.45, 7) is -1.13. The van der Waals surface area contributed by atoms with E-state index in [0.717, 1.165) is 0 Å². The third kappa shape index (κ3) is 12.3. The van der Waals surface area contributed by atoms with Crippen LogP contribution in [0.3, 0.4) is 0 Å². The zero-order valence-electron chi connectivity index (χ0n) is 28.0. The van der Waals surface area contributed by atoms with Crippen molar-refractivity contribution in [1.29, 1.82) is 0 Å². The molecule has 0 unspecified atom stereocenters. The summed E-state index contributed by atoms with van der Waals surface area (Å²) in [6, 6.07) is 24.6. The van der Waals surface area contributed by atoms with Gasteiger partial charge in [-0.05, 0) is 16.7 Å². The molecule has 51 heavy (non-hydrogen) atoms. The fourth-order valence-electron chi connectivity index (χ4n) is 5.63. The number of aliphatic carboxylic acids is 1. The zero-order chi connectivity index (χ0) is 35.0. The number of aliphatic hydroxyl groups excluding tert-OH is 3. The van der Waals surface area contributed by atoms with Gasteiger partial charge in [0, 0.05) is 0 Å². The van der Waals surface area contributed by atoms with Gasteiger partial charge in [-0.2, -0.15) is 0 Å². The Morgan fingerprint density at radius 2 is 1.18 bits per heavy atom. The van der Waals surface area contributed by atoms with Gasteiger partial charge in [0.25, 0.3) is 0 Å². The molecule has 2 heterocycles. The average molecular weight is 750 g/mol. The zero-order valence-corrected chi connectivity index (χ0v) is 32.8. The third-order valence-electron chi connectivity index (χ3n) is 8.00. The number of carboxylic acids is 1. The Morgan fingerprint density at radius 3 is 1.63 bits per heavy atom. The Morgan fingerprint density at radius 1 is 0.706 bits per heavy atom. The van der Waals surface area contributed by atoms with E-state index in [2.05, 4.69) is 0 Å². The van der Waals surface area contributed by atoms with Crippen LogP contribution in [0.25, 0.3) is 0 Å². The van der Waals surface area contributed by atoms with Crippen LogP contribution in [-0.4, -0.2) is 102 Å². The fourth-order valence-corrected chi connectivity index (χ4v) is 6.21. The Labute approximate surface area is 339 Å². The van der Waals surface area contributed by atoms with Crippen LogP contribution in [0.15, 0.2) is 91.0 Å². The third-order valence-corrected chi connectivity index (χ3v) is 8.56. The predicted molar refractivity (Wildman–Crippen MR) is 164 cm³/mol. The summed E-state index contributed by atoms with van der Waals surface area (Å²) >= 11 is 0. The summed E-state index contributed by atoms with van der Waals surface area (Å²) in [5.41, 5.74) is 1.98. The minimum Gasteiger partial charge on any atom is -0.735 e. The van der Waals surface area contributed by atoms with E-state index in [0.29, 0.717) is 16.7 Å². The van der Waals surface area contributed by atoms with Crippen molar-refractivity contribution in [2.45, 2.75) is 81.2 Å². The first kappa shape index (κ1) is 44.0. The predicted octanol–water partition coefficient (Wildman–Crippen LogP) is -6.90. The van der Waals surface area contributed by atoms with E-state index in [1.807, 2.05) is 4.72 Å². The van der Waals surface area contributed by atoms with Crippen molar-refractivity contribution in [2.75, 3.05) is 6.61 Å². The van der Waals surface area contributed by atoms with Crippen molar-refractivity contribution in [3.63, 3.8) is 0 Å². The largest absolute Gasteiger partial charge is 1.00 e. The van der Waals surface area contributed by atoms with Crippen LogP contribution < -0.4 is 68.9 Å². The minimum absolute atomic E-state index is 0. The van der Waals surface area contributed by atoms with Crippen LogP contribution >= 0.6 is 0 Å². The summed E-state index contributed by atoms with van der Waals surface area (Å²) < 4.78 is 73.5. The second-order valence-electron chi connectivity index (χ2n) is 11.5. The summed E-state index contributed by atoms with van der Waals surface area (Å²) in [7, 11) is -5.19. The van der Waals surface area contributed by atoms with Gasteiger partial charge in [0.15, 0.2) is 22.9 Å². The summed E-state index contributed by atoms with van der Waals surface area (Å²) in [5, 5.41) is 44.5. The minimum atomic E-state index is -5.19. The maximum absolute atomic E-state index is 12.1. The molecule has 3 aromatic carbocycles. The van der Waals surface area contributed by atoms with E-state index in [-0.39, 0.29) is 78.9 Å². The fraction of sp³-hybridized carbons (Fsp3) is 0.424. The van der Waals surface area contributed by atoms with E-state index < -0.39 is 84.2 Å². The molecule has 0 spiro atoms.